The van der Waals surface area contributed by atoms with Crippen molar-refractivity contribution >= 4 is 11.7 Å². The Morgan fingerprint density at radius 2 is 2.08 bits per heavy atom. The maximum Gasteiger partial charge on any atom is 0.359 e. The molecule has 0 fully saturated rings. The average Bonchev–Trinajstić information content (AvgIpc) is 2.07. The van der Waals surface area contributed by atoms with E-state index < -0.39 is 5.97 Å². The molecule has 3 heteroatoms. The molecule has 0 spiro atoms. The van der Waals surface area contributed by atoms with Gasteiger partial charge in [0.1, 0.15) is 5.70 Å². The minimum absolute atomic E-state index is 0.272. The van der Waals surface area contributed by atoms with E-state index in [9.17, 15) is 4.79 Å². The number of hydrogen-bond donors (Lipinski definition) is 1. The van der Waals surface area contributed by atoms with Gasteiger partial charge >= 0.3 is 5.97 Å². The molecule has 1 heterocycles. The fourth-order valence-corrected chi connectivity index (χ4v) is 1.03. The van der Waals surface area contributed by atoms with Gasteiger partial charge in [-0.25, -0.2) is 4.79 Å². The van der Waals surface area contributed by atoms with Crippen molar-refractivity contribution in [3.63, 3.8) is 0 Å². The molecule has 0 aliphatic carbocycles. The number of carbonyl (C=O) groups is 1. The second kappa shape index (κ2) is 2.37. The Morgan fingerprint density at radius 3 is 2.92 bits per heavy atom. The average molecular weight is 161 g/mol. The van der Waals surface area contributed by atoms with E-state index >= 15 is 0 Å². The van der Waals surface area contributed by atoms with Gasteiger partial charge in [-0.1, -0.05) is 18.7 Å². The fraction of sp³-hybridized carbons (Fsp3) is 0. The van der Waals surface area contributed by atoms with E-state index in [4.69, 9.17) is 4.74 Å². The molecule has 0 saturated carbocycles. The number of esters is 1. The Hall–Kier alpha value is -1.77. The number of anilines is 1. The van der Waals surface area contributed by atoms with Gasteiger partial charge in [-0.2, -0.15) is 0 Å². The highest BCUT2D eigenvalue weighted by Crippen LogP contribution is 2.28. The summed E-state index contributed by atoms with van der Waals surface area (Å²) >= 11 is 0. The summed E-state index contributed by atoms with van der Waals surface area (Å²) in [6, 6.07) is 7.22. The molecule has 0 aromatic heterocycles. The number of hydrogen-bond acceptors (Lipinski definition) is 3. The molecular formula is C9H7NO2. The number of benzene rings is 1. The Morgan fingerprint density at radius 1 is 1.33 bits per heavy atom. The van der Waals surface area contributed by atoms with E-state index in [-0.39, 0.29) is 5.70 Å². The lowest BCUT2D eigenvalue weighted by Gasteiger charge is -2.18. The molecule has 2 rings (SSSR count). The molecule has 3 nitrogen and oxygen atoms in total. The molecule has 1 aromatic rings. The maximum atomic E-state index is 11.0. The summed E-state index contributed by atoms with van der Waals surface area (Å²) in [4.78, 5) is 11.0. The van der Waals surface area contributed by atoms with Crippen molar-refractivity contribution < 1.29 is 9.53 Å². The summed E-state index contributed by atoms with van der Waals surface area (Å²) in [7, 11) is 0. The van der Waals surface area contributed by atoms with Crippen LogP contribution in [0.1, 0.15) is 0 Å². The third-order valence-electron chi connectivity index (χ3n) is 1.62. The Balaban J connectivity index is 2.47. The van der Waals surface area contributed by atoms with Gasteiger partial charge in [-0.3, -0.25) is 0 Å². The number of fused-ring (bicyclic) bond motifs is 1. The largest absolute Gasteiger partial charge is 0.420 e. The van der Waals surface area contributed by atoms with E-state index in [1.165, 1.54) is 0 Å². The Labute approximate surface area is 69.7 Å². The summed E-state index contributed by atoms with van der Waals surface area (Å²) in [6.45, 7) is 3.51. The zero-order valence-corrected chi connectivity index (χ0v) is 6.33. The molecule has 60 valence electrons. The maximum absolute atomic E-state index is 11.0. The zero-order valence-electron chi connectivity index (χ0n) is 6.33. The molecule has 0 unspecified atom stereocenters. The van der Waals surface area contributed by atoms with Crippen LogP contribution in [0, 0.1) is 0 Å². The topological polar surface area (TPSA) is 38.3 Å². The molecule has 1 aromatic carbocycles. The smallest absolute Gasteiger partial charge is 0.359 e. The normalized spacial score (nSPS) is 14.7. The first-order valence-electron chi connectivity index (χ1n) is 3.54. The zero-order chi connectivity index (χ0) is 8.55. The molecule has 1 aliphatic heterocycles. The van der Waals surface area contributed by atoms with Gasteiger partial charge < -0.3 is 10.1 Å². The predicted octanol–water partition coefficient (Wildman–Crippen LogP) is 1.53. The van der Waals surface area contributed by atoms with Gasteiger partial charge in [-0.15, -0.1) is 0 Å². The van der Waals surface area contributed by atoms with Crippen LogP contribution in [0.4, 0.5) is 5.69 Å². The molecule has 1 aliphatic rings. The van der Waals surface area contributed by atoms with Crippen LogP contribution in [0.25, 0.3) is 0 Å². The van der Waals surface area contributed by atoms with Crippen molar-refractivity contribution in [1.82, 2.24) is 0 Å². The quantitative estimate of drug-likeness (QED) is 0.356. The van der Waals surface area contributed by atoms with E-state index in [1.54, 1.807) is 6.07 Å². The van der Waals surface area contributed by atoms with Crippen LogP contribution in [-0.2, 0) is 4.79 Å². The molecule has 0 bridgehead atoms. The number of carbonyl (C=O) groups excluding carboxylic acids is 1. The first kappa shape index (κ1) is 6.91. The number of nitrogens with one attached hydrogen (secondary N) is 1. The van der Waals surface area contributed by atoms with E-state index in [2.05, 4.69) is 11.9 Å². The highest BCUT2D eigenvalue weighted by molar-refractivity contribution is 5.96. The summed E-state index contributed by atoms with van der Waals surface area (Å²) in [5.41, 5.74) is 1.05. The highest BCUT2D eigenvalue weighted by Gasteiger charge is 2.18. The van der Waals surface area contributed by atoms with Gasteiger partial charge in [0.2, 0.25) is 0 Å². The summed E-state index contributed by atoms with van der Waals surface area (Å²) < 4.78 is 4.94. The molecule has 0 saturated heterocycles. The van der Waals surface area contributed by atoms with Crippen LogP contribution in [0.3, 0.4) is 0 Å². The predicted molar refractivity (Wildman–Crippen MR) is 44.8 cm³/mol. The van der Waals surface area contributed by atoms with Crippen LogP contribution in [-0.4, -0.2) is 5.97 Å². The van der Waals surface area contributed by atoms with Gasteiger partial charge in [0.05, 0.1) is 5.69 Å². The summed E-state index contributed by atoms with van der Waals surface area (Å²) in [5, 5.41) is 2.84. The summed E-state index contributed by atoms with van der Waals surface area (Å²) in [6.07, 6.45) is 0. The van der Waals surface area contributed by atoms with Crippen molar-refractivity contribution in [1.29, 1.82) is 0 Å². The lowest BCUT2D eigenvalue weighted by Crippen LogP contribution is -2.21. The van der Waals surface area contributed by atoms with E-state index in [1.807, 2.05) is 18.2 Å². The van der Waals surface area contributed by atoms with Crippen molar-refractivity contribution in [2.75, 3.05) is 5.32 Å². The minimum atomic E-state index is -0.422. The molecule has 0 amide bonds. The SMILES string of the molecule is C=C1Nc2ccccc2OC1=O. The van der Waals surface area contributed by atoms with Crippen molar-refractivity contribution in [2.45, 2.75) is 0 Å². The first-order chi connectivity index (χ1) is 5.77. The second-order valence-electron chi connectivity index (χ2n) is 2.49. The minimum Gasteiger partial charge on any atom is -0.420 e. The molecule has 0 atom stereocenters. The van der Waals surface area contributed by atoms with Crippen LogP contribution in [0.15, 0.2) is 36.5 Å². The molecule has 12 heavy (non-hydrogen) atoms. The van der Waals surface area contributed by atoms with Gasteiger partial charge in [0, 0.05) is 0 Å². The second-order valence-corrected chi connectivity index (χ2v) is 2.49. The van der Waals surface area contributed by atoms with Crippen molar-refractivity contribution in [3.05, 3.63) is 36.5 Å². The van der Waals surface area contributed by atoms with Crippen LogP contribution in [0.5, 0.6) is 5.75 Å². The lowest BCUT2D eigenvalue weighted by molar-refractivity contribution is -0.130. The lowest BCUT2D eigenvalue weighted by atomic mass is 10.2. The Kier molecular flexibility index (Phi) is 1.37. The van der Waals surface area contributed by atoms with E-state index in [0.29, 0.717) is 5.75 Å². The van der Waals surface area contributed by atoms with Crippen LogP contribution in [0.2, 0.25) is 0 Å². The van der Waals surface area contributed by atoms with Gasteiger partial charge in [-0.05, 0) is 12.1 Å². The first-order valence-corrected chi connectivity index (χ1v) is 3.54. The van der Waals surface area contributed by atoms with Crippen LogP contribution >= 0.6 is 0 Å². The fourth-order valence-electron chi connectivity index (χ4n) is 1.03. The van der Waals surface area contributed by atoms with E-state index in [0.717, 1.165) is 5.69 Å². The third kappa shape index (κ3) is 0.955. The molecular weight excluding hydrogens is 154 g/mol. The van der Waals surface area contributed by atoms with Gasteiger partial charge in [0.25, 0.3) is 0 Å². The van der Waals surface area contributed by atoms with Gasteiger partial charge in [0.15, 0.2) is 5.75 Å². The number of rotatable bonds is 0. The Bertz CT molecular complexity index is 322. The summed E-state index contributed by atoms with van der Waals surface area (Å²) in [5.74, 6) is 0.128. The van der Waals surface area contributed by atoms with Crippen LogP contribution < -0.4 is 10.1 Å². The van der Waals surface area contributed by atoms with Crippen molar-refractivity contribution in [3.8, 4) is 5.75 Å². The monoisotopic (exact) mass is 161 g/mol. The van der Waals surface area contributed by atoms with Crippen molar-refractivity contribution in [2.24, 2.45) is 0 Å². The molecule has 1 N–H and O–H groups in total. The highest BCUT2D eigenvalue weighted by atomic mass is 16.5. The third-order valence-corrected chi connectivity index (χ3v) is 1.62. The standard InChI is InChI=1S/C9H7NO2/c1-6-9(11)12-8-5-3-2-4-7(8)10-6/h2-5,10H,1H2. The number of para-hydroxylation sites is 2. The molecule has 0 radical (unpaired) electrons. The number of ether oxygens (including phenoxy) is 1.